The molecule has 2 aromatic rings. The van der Waals surface area contributed by atoms with Gasteiger partial charge in [-0.15, -0.1) is 0 Å². The van der Waals surface area contributed by atoms with Crippen molar-refractivity contribution in [2.45, 2.75) is 13.3 Å². The zero-order chi connectivity index (χ0) is 11.5. The average Bonchev–Trinajstić information content (AvgIpc) is 2.28. The molecule has 0 unspecified atom stereocenters. The maximum Gasteiger partial charge on any atom is 0.140 e. The molecule has 0 spiro atoms. The second kappa shape index (κ2) is 4.76. The lowest BCUT2D eigenvalue weighted by atomic mass is 10.1. The third-order valence-electron chi connectivity index (χ3n) is 2.53. The summed E-state index contributed by atoms with van der Waals surface area (Å²) in [4.78, 5) is 8.83. The number of likely N-dealkylation sites (N-methyl/N-ethyl adjacent to an activating group) is 1. The molecule has 0 fully saturated rings. The molecule has 1 aromatic heterocycles. The number of rotatable bonds is 3. The van der Waals surface area contributed by atoms with E-state index in [2.05, 4.69) is 15.3 Å². The highest BCUT2D eigenvalue weighted by Crippen LogP contribution is 2.22. The Kier molecular flexibility index (Phi) is 3.36. The van der Waals surface area contributed by atoms with Crippen molar-refractivity contribution in [2.75, 3.05) is 13.6 Å². The topological polar surface area (TPSA) is 37.8 Å². The fourth-order valence-corrected chi connectivity index (χ4v) is 1.90. The molecule has 4 heteroatoms. The number of fused-ring (bicyclic) bond motifs is 1. The van der Waals surface area contributed by atoms with E-state index in [0.29, 0.717) is 5.15 Å². The summed E-state index contributed by atoms with van der Waals surface area (Å²) in [6.07, 6.45) is 0.792. The minimum Gasteiger partial charge on any atom is -0.319 e. The Morgan fingerprint density at radius 3 is 2.88 bits per heavy atom. The normalized spacial score (nSPS) is 10.9. The van der Waals surface area contributed by atoms with E-state index >= 15 is 0 Å². The molecule has 0 aliphatic rings. The van der Waals surface area contributed by atoms with Gasteiger partial charge >= 0.3 is 0 Å². The van der Waals surface area contributed by atoms with Crippen LogP contribution in [0, 0.1) is 6.92 Å². The summed E-state index contributed by atoms with van der Waals surface area (Å²) in [5.41, 5.74) is 2.08. The Labute approximate surface area is 99.9 Å². The van der Waals surface area contributed by atoms with Gasteiger partial charge < -0.3 is 5.32 Å². The van der Waals surface area contributed by atoms with Crippen LogP contribution in [0.1, 0.15) is 11.4 Å². The van der Waals surface area contributed by atoms with Crippen LogP contribution in [-0.2, 0) is 6.42 Å². The molecule has 1 N–H and O–H groups in total. The lowest BCUT2D eigenvalue weighted by molar-refractivity contribution is 0.759. The molecule has 84 valence electrons. The highest BCUT2D eigenvalue weighted by Gasteiger charge is 2.06. The second-order valence-corrected chi connectivity index (χ2v) is 4.11. The zero-order valence-corrected chi connectivity index (χ0v) is 10.2. The Balaban J connectivity index is 2.52. The number of aryl methyl sites for hydroxylation is 1. The van der Waals surface area contributed by atoms with Gasteiger partial charge in [0.15, 0.2) is 0 Å². The summed E-state index contributed by atoms with van der Waals surface area (Å²) in [5.74, 6) is 0.793. The van der Waals surface area contributed by atoms with Crippen molar-refractivity contribution in [1.82, 2.24) is 15.3 Å². The largest absolute Gasteiger partial charge is 0.319 e. The van der Waals surface area contributed by atoms with Crippen LogP contribution in [0.2, 0.25) is 5.15 Å². The van der Waals surface area contributed by atoms with Crippen LogP contribution in [0.25, 0.3) is 10.9 Å². The van der Waals surface area contributed by atoms with Crippen LogP contribution < -0.4 is 5.32 Å². The first-order valence-corrected chi connectivity index (χ1v) is 5.66. The molecule has 1 aromatic carbocycles. The first-order chi connectivity index (χ1) is 7.72. The van der Waals surface area contributed by atoms with E-state index in [0.717, 1.165) is 35.3 Å². The minimum atomic E-state index is 0.541. The van der Waals surface area contributed by atoms with Gasteiger partial charge in [0, 0.05) is 18.4 Å². The monoisotopic (exact) mass is 235 g/mol. The number of halogens is 1. The number of nitrogens with zero attached hydrogens (tertiary/aromatic N) is 2. The van der Waals surface area contributed by atoms with Crippen molar-refractivity contribution in [1.29, 1.82) is 0 Å². The third kappa shape index (κ3) is 2.15. The van der Waals surface area contributed by atoms with Crippen LogP contribution in [-0.4, -0.2) is 23.6 Å². The molecule has 0 amide bonds. The van der Waals surface area contributed by atoms with Crippen LogP contribution in [0.4, 0.5) is 0 Å². The van der Waals surface area contributed by atoms with Crippen LogP contribution in [0.3, 0.4) is 0 Å². The Morgan fingerprint density at radius 1 is 1.31 bits per heavy atom. The average molecular weight is 236 g/mol. The molecule has 0 saturated carbocycles. The van der Waals surface area contributed by atoms with Gasteiger partial charge in [0.25, 0.3) is 0 Å². The maximum atomic E-state index is 6.14. The fourth-order valence-electron chi connectivity index (χ4n) is 1.65. The van der Waals surface area contributed by atoms with Gasteiger partial charge in [0.1, 0.15) is 11.0 Å². The Hall–Kier alpha value is -1.19. The van der Waals surface area contributed by atoms with Crippen molar-refractivity contribution in [2.24, 2.45) is 0 Å². The highest BCUT2D eigenvalue weighted by molar-refractivity contribution is 6.34. The van der Waals surface area contributed by atoms with Gasteiger partial charge in [0.2, 0.25) is 0 Å². The highest BCUT2D eigenvalue weighted by atomic mass is 35.5. The molecule has 0 radical (unpaired) electrons. The molecular weight excluding hydrogens is 222 g/mol. The summed E-state index contributed by atoms with van der Waals surface area (Å²) >= 11 is 6.14. The standard InChI is InChI=1S/C12H14ClN3/c1-8-4-3-5-9-11(8)15-10(6-7-14-2)16-12(9)13/h3-5,14H,6-7H2,1-2H3. The second-order valence-electron chi connectivity index (χ2n) is 3.76. The van der Waals surface area contributed by atoms with Gasteiger partial charge in [-0.25, -0.2) is 9.97 Å². The van der Waals surface area contributed by atoms with Gasteiger partial charge in [0.05, 0.1) is 5.52 Å². The first kappa shape index (κ1) is 11.3. The molecule has 0 aliphatic carbocycles. The molecule has 2 rings (SSSR count). The quantitative estimate of drug-likeness (QED) is 0.830. The summed E-state index contributed by atoms with van der Waals surface area (Å²) in [6.45, 7) is 2.89. The number of para-hydroxylation sites is 1. The number of aromatic nitrogens is 2. The van der Waals surface area contributed by atoms with E-state index in [-0.39, 0.29) is 0 Å². The van der Waals surface area contributed by atoms with E-state index in [1.54, 1.807) is 0 Å². The third-order valence-corrected chi connectivity index (χ3v) is 2.81. The molecule has 0 saturated heterocycles. The summed E-state index contributed by atoms with van der Waals surface area (Å²) in [5, 5.41) is 4.54. The number of benzene rings is 1. The smallest absolute Gasteiger partial charge is 0.140 e. The number of hydrogen-bond acceptors (Lipinski definition) is 3. The predicted octanol–water partition coefficient (Wildman–Crippen LogP) is 2.35. The van der Waals surface area contributed by atoms with Crippen LogP contribution in [0.5, 0.6) is 0 Å². The van der Waals surface area contributed by atoms with Crippen molar-refractivity contribution in [3.05, 3.63) is 34.7 Å². The van der Waals surface area contributed by atoms with Crippen molar-refractivity contribution in [3.63, 3.8) is 0 Å². The molecule has 0 aliphatic heterocycles. The lowest BCUT2D eigenvalue weighted by Crippen LogP contribution is -2.12. The molecule has 16 heavy (non-hydrogen) atoms. The minimum absolute atomic E-state index is 0.541. The van der Waals surface area contributed by atoms with Crippen molar-refractivity contribution >= 4 is 22.5 Å². The lowest BCUT2D eigenvalue weighted by Gasteiger charge is -2.06. The first-order valence-electron chi connectivity index (χ1n) is 5.28. The van der Waals surface area contributed by atoms with Crippen molar-refractivity contribution in [3.8, 4) is 0 Å². The van der Waals surface area contributed by atoms with Crippen molar-refractivity contribution < 1.29 is 0 Å². The molecule has 0 atom stereocenters. The Bertz CT molecular complexity index is 511. The van der Waals surface area contributed by atoms with Gasteiger partial charge in [-0.2, -0.15) is 0 Å². The van der Waals surface area contributed by atoms with E-state index in [4.69, 9.17) is 11.6 Å². The number of nitrogens with one attached hydrogen (secondary N) is 1. The van der Waals surface area contributed by atoms with E-state index < -0.39 is 0 Å². The van der Waals surface area contributed by atoms with Crippen LogP contribution >= 0.6 is 11.6 Å². The molecule has 1 heterocycles. The molecular formula is C12H14ClN3. The molecule has 0 bridgehead atoms. The SMILES string of the molecule is CNCCc1nc(Cl)c2cccc(C)c2n1. The summed E-state index contributed by atoms with van der Waals surface area (Å²) in [7, 11) is 1.91. The summed E-state index contributed by atoms with van der Waals surface area (Å²) < 4.78 is 0. The Morgan fingerprint density at radius 2 is 2.12 bits per heavy atom. The van der Waals surface area contributed by atoms with E-state index in [9.17, 15) is 0 Å². The van der Waals surface area contributed by atoms with Gasteiger partial charge in [-0.3, -0.25) is 0 Å². The molecule has 3 nitrogen and oxygen atoms in total. The van der Waals surface area contributed by atoms with E-state index in [1.165, 1.54) is 0 Å². The predicted molar refractivity (Wildman–Crippen MR) is 66.9 cm³/mol. The van der Waals surface area contributed by atoms with Crippen LogP contribution in [0.15, 0.2) is 18.2 Å². The number of hydrogen-bond donors (Lipinski definition) is 1. The summed E-state index contributed by atoms with van der Waals surface area (Å²) in [6, 6.07) is 5.96. The van der Waals surface area contributed by atoms with E-state index in [1.807, 2.05) is 32.2 Å². The zero-order valence-electron chi connectivity index (χ0n) is 9.42. The van der Waals surface area contributed by atoms with Gasteiger partial charge in [-0.05, 0) is 25.6 Å². The van der Waals surface area contributed by atoms with Gasteiger partial charge in [-0.1, -0.05) is 23.7 Å². The maximum absolute atomic E-state index is 6.14. The fraction of sp³-hybridized carbons (Fsp3) is 0.333.